The first-order valence-electron chi connectivity index (χ1n) is 9.35. The number of nitrogens with zero attached hydrogens (tertiary/aromatic N) is 4. The summed E-state index contributed by atoms with van der Waals surface area (Å²) in [6.45, 7) is 0.676. The molecule has 0 saturated carbocycles. The monoisotopic (exact) mass is 362 g/mol. The van der Waals surface area contributed by atoms with Crippen molar-refractivity contribution in [1.82, 2.24) is 14.8 Å². The summed E-state index contributed by atoms with van der Waals surface area (Å²) >= 11 is 0. The van der Waals surface area contributed by atoms with E-state index in [1.54, 1.807) is 18.3 Å². The van der Waals surface area contributed by atoms with Crippen molar-refractivity contribution in [3.8, 4) is 5.69 Å². The molecule has 136 valence electrons. The Morgan fingerprint density at radius 2 is 1.89 bits per heavy atom. The van der Waals surface area contributed by atoms with Crippen LogP contribution in [0.5, 0.6) is 0 Å². The lowest BCUT2D eigenvalue weighted by atomic mass is 10.1. The molecular weight excluding hydrogens is 343 g/mol. The fourth-order valence-electron chi connectivity index (χ4n) is 4.14. The van der Waals surface area contributed by atoms with Gasteiger partial charge in [-0.3, -0.25) is 9.78 Å². The standard InChI is InChI=1S/C21H19FN4O/c22-14-8-10-15(11-9-14)26-18-6-1-4-16(18)20(24-26)21(27)25-13-3-5-17-19(25)7-2-12-23-17/h2,7-12H,1,3-6,13H2. The molecule has 2 aliphatic rings. The normalized spacial score (nSPS) is 15.5. The number of carbonyl (C=O) groups is 1. The smallest absolute Gasteiger partial charge is 0.279 e. The number of pyridine rings is 1. The highest BCUT2D eigenvalue weighted by atomic mass is 19.1. The molecule has 1 aliphatic heterocycles. The van der Waals surface area contributed by atoms with Crippen molar-refractivity contribution in [3.63, 3.8) is 0 Å². The third-order valence-electron chi connectivity index (χ3n) is 5.40. The first-order valence-corrected chi connectivity index (χ1v) is 9.35. The second kappa shape index (κ2) is 6.30. The zero-order valence-corrected chi connectivity index (χ0v) is 14.9. The van der Waals surface area contributed by atoms with Crippen molar-refractivity contribution in [3.05, 3.63) is 71.1 Å². The minimum atomic E-state index is -0.281. The molecule has 0 unspecified atom stereocenters. The number of rotatable bonds is 2. The summed E-state index contributed by atoms with van der Waals surface area (Å²) in [6.07, 6.45) is 6.30. The molecule has 0 atom stereocenters. The SMILES string of the molecule is O=C(c1nn(-c2ccc(F)cc2)c2c1CCC2)N1CCCc2ncccc21. The zero-order valence-electron chi connectivity index (χ0n) is 14.9. The lowest BCUT2D eigenvalue weighted by Crippen LogP contribution is -2.36. The van der Waals surface area contributed by atoms with Gasteiger partial charge in [0.05, 0.1) is 17.1 Å². The molecule has 0 spiro atoms. The van der Waals surface area contributed by atoms with Crippen LogP contribution in [-0.2, 0) is 19.3 Å². The third-order valence-corrected chi connectivity index (χ3v) is 5.40. The first kappa shape index (κ1) is 16.2. The van der Waals surface area contributed by atoms with Crippen LogP contribution in [0.3, 0.4) is 0 Å². The lowest BCUT2D eigenvalue weighted by molar-refractivity contribution is 0.0979. The van der Waals surface area contributed by atoms with Crippen molar-refractivity contribution in [1.29, 1.82) is 0 Å². The van der Waals surface area contributed by atoms with Crippen LogP contribution in [0, 0.1) is 5.82 Å². The van der Waals surface area contributed by atoms with Crippen LogP contribution in [0.25, 0.3) is 5.69 Å². The second-order valence-electron chi connectivity index (χ2n) is 7.05. The van der Waals surface area contributed by atoms with E-state index in [9.17, 15) is 9.18 Å². The maximum absolute atomic E-state index is 13.4. The number of fused-ring (bicyclic) bond motifs is 2. The molecule has 3 heterocycles. The van der Waals surface area contributed by atoms with E-state index in [0.717, 1.165) is 60.4 Å². The Morgan fingerprint density at radius 1 is 1.04 bits per heavy atom. The van der Waals surface area contributed by atoms with Crippen molar-refractivity contribution in [2.75, 3.05) is 11.4 Å². The Labute approximate surface area is 156 Å². The van der Waals surface area contributed by atoms with Crippen molar-refractivity contribution in [2.45, 2.75) is 32.1 Å². The quantitative estimate of drug-likeness (QED) is 0.701. The van der Waals surface area contributed by atoms with Gasteiger partial charge in [-0.1, -0.05) is 0 Å². The van der Waals surface area contributed by atoms with E-state index < -0.39 is 0 Å². The van der Waals surface area contributed by atoms with Gasteiger partial charge >= 0.3 is 0 Å². The fraction of sp³-hybridized carbons (Fsp3) is 0.286. The molecule has 1 amide bonds. The van der Waals surface area contributed by atoms with Crippen LogP contribution in [-0.4, -0.2) is 27.2 Å². The Kier molecular flexibility index (Phi) is 3.77. The Bertz CT molecular complexity index is 1030. The average Bonchev–Trinajstić information content (AvgIpc) is 3.31. The number of aromatic nitrogens is 3. The van der Waals surface area contributed by atoms with E-state index in [-0.39, 0.29) is 11.7 Å². The molecule has 0 N–H and O–H groups in total. The highest BCUT2D eigenvalue weighted by Gasteiger charge is 2.32. The van der Waals surface area contributed by atoms with Gasteiger partial charge in [0.25, 0.3) is 5.91 Å². The van der Waals surface area contributed by atoms with Gasteiger partial charge in [-0.2, -0.15) is 5.10 Å². The predicted octanol–water partition coefficient (Wildman–Crippen LogP) is 3.49. The van der Waals surface area contributed by atoms with Gasteiger partial charge in [-0.25, -0.2) is 9.07 Å². The maximum atomic E-state index is 13.4. The van der Waals surface area contributed by atoms with E-state index in [4.69, 9.17) is 0 Å². The number of aryl methyl sites for hydroxylation is 1. The molecule has 5 nitrogen and oxygen atoms in total. The lowest BCUT2D eigenvalue weighted by Gasteiger charge is -2.28. The first-order chi connectivity index (χ1) is 13.2. The van der Waals surface area contributed by atoms with E-state index >= 15 is 0 Å². The van der Waals surface area contributed by atoms with Crippen LogP contribution in [0.1, 0.15) is 40.3 Å². The summed E-state index contributed by atoms with van der Waals surface area (Å²) < 4.78 is 15.1. The maximum Gasteiger partial charge on any atom is 0.279 e. The van der Waals surface area contributed by atoms with Crippen LogP contribution in [0.4, 0.5) is 10.1 Å². The summed E-state index contributed by atoms with van der Waals surface area (Å²) in [5, 5.41) is 4.66. The molecule has 0 fully saturated rings. The molecule has 0 radical (unpaired) electrons. The van der Waals surface area contributed by atoms with Gasteiger partial charge in [-0.05, 0) is 68.5 Å². The highest BCUT2D eigenvalue weighted by Crippen LogP contribution is 2.31. The largest absolute Gasteiger partial charge is 0.305 e. The molecule has 27 heavy (non-hydrogen) atoms. The molecule has 5 rings (SSSR count). The van der Waals surface area contributed by atoms with Crippen molar-refractivity contribution >= 4 is 11.6 Å². The average molecular weight is 362 g/mol. The Morgan fingerprint density at radius 3 is 2.74 bits per heavy atom. The molecular formula is C21H19FN4O. The number of amides is 1. The number of hydrogen-bond acceptors (Lipinski definition) is 3. The second-order valence-corrected chi connectivity index (χ2v) is 7.05. The van der Waals surface area contributed by atoms with Gasteiger partial charge in [-0.15, -0.1) is 0 Å². The minimum absolute atomic E-state index is 0.0667. The molecule has 3 aromatic rings. The van der Waals surface area contributed by atoms with E-state index in [2.05, 4.69) is 10.1 Å². The van der Waals surface area contributed by atoms with Crippen LogP contribution in [0.15, 0.2) is 42.6 Å². The molecule has 0 saturated heterocycles. The van der Waals surface area contributed by atoms with Crippen LogP contribution >= 0.6 is 0 Å². The highest BCUT2D eigenvalue weighted by molar-refractivity contribution is 6.06. The van der Waals surface area contributed by atoms with E-state index in [1.165, 1.54) is 12.1 Å². The summed E-state index contributed by atoms with van der Waals surface area (Å²) in [5.41, 5.74) is 5.25. The van der Waals surface area contributed by atoms with Crippen LogP contribution in [0.2, 0.25) is 0 Å². The Balaban J connectivity index is 1.58. The molecule has 0 bridgehead atoms. The summed E-state index contributed by atoms with van der Waals surface area (Å²) in [7, 11) is 0. The van der Waals surface area contributed by atoms with Crippen LogP contribution < -0.4 is 4.90 Å². The third kappa shape index (κ3) is 2.63. The number of anilines is 1. The summed E-state index contributed by atoms with van der Waals surface area (Å²) in [4.78, 5) is 19.6. The summed E-state index contributed by atoms with van der Waals surface area (Å²) in [6, 6.07) is 10.1. The Hall–Kier alpha value is -3.02. The number of carbonyl (C=O) groups excluding carboxylic acids is 1. The van der Waals surface area contributed by atoms with Gasteiger partial charge in [0.1, 0.15) is 5.82 Å². The van der Waals surface area contributed by atoms with Gasteiger partial charge < -0.3 is 4.90 Å². The fourth-order valence-corrected chi connectivity index (χ4v) is 4.14. The predicted molar refractivity (Wildman–Crippen MR) is 99.8 cm³/mol. The zero-order chi connectivity index (χ0) is 18.4. The van der Waals surface area contributed by atoms with Gasteiger partial charge in [0, 0.05) is 24.0 Å². The summed E-state index contributed by atoms with van der Waals surface area (Å²) in [5.74, 6) is -0.348. The number of hydrogen-bond donors (Lipinski definition) is 0. The number of halogens is 1. The van der Waals surface area contributed by atoms with Crippen molar-refractivity contribution < 1.29 is 9.18 Å². The molecule has 6 heteroatoms. The van der Waals surface area contributed by atoms with Gasteiger partial charge in [0.15, 0.2) is 5.69 Å². The number of benzene rings is 1. The molecule has 2 aromatic heterocycles. The van der Waals surface area contributed by atoms with Crippen molar-refractivity contribution in [2.24, 2.45) is 0 Å². The van der Waals surface area contributed by atoms with E-state index in [0.29, 0.717) is 12.2 Å². The molecule has 1 aliphatic carbocycles. The minimum Gasteiger partial charge on any atom is -0.305 e. The van der Waals surface area contributed by atoms with Gasteiger partial charge in [0.2, 0.25) is 0 Å². The molecule has 1 aromatic carbocycles. The van der Waals surface area contributed by atoms with E-state index in [1.807, 2.05) is 21.7 Å². The topological polar surface area (TPSA) is 51.0 Å².